The lowest BCUT2D eigenvalue weighted by atomic mass is 10.2. The first kappa shape index (κ1) is 12.4. The van der Waals surface area contributed by atoms with E-state index in [0.717, 1.165) is 22.4 Å². The quantitative estimate of drug-likeness (QED) is 0.833. The summed E-state index contributed by atoms with van der Waals surface area (Å²) in [4.78, 5) is 0. The van der Waals surface area contributed by atoms with Gasteiger partial charge in [-0.15, -0.1) is 0 Å². The van der Waals surface area contributed by atoms with Crippen molar-refractivity contribution >= 4 is 32.4 Å². The van der Waals surface area contributed by atoms with Gasteiger partial charge in [0.15, 0.2) is 13.6 Å². The van der Waals surface area contributed by atoms with E-state index in [1.54, 1.807) is 0 Å². The summed E-state index contributed by atoms with van der Waals surface area (Å²) in [5.41, 5.74) is 0. The number of furan rings is 1. The Bertz CT molecular complexity index is 454. The van der Waals surface area contributed by atoms with E-state index >= 15 is 0 Å². The summed E-state index contributed by atoms with van der Waals surface area (Å²) in [5.74, 6) is 1.19. The van der Waals surface area contributed by atoms with Crippen molar-refractivity contribution in [2.75, 3.05) is 12.3 Å². The molecule has 0 amide bonds. The molecule has 0 radical (unpaired) electrons. The van der Waals surface area contributed by atoms with Gasteiger partial charge < -0.3 is 9.73 Å². The van der Waals surface area contributed by atoms with E-state index in [9.17, 15) is 8.42 Å². The second-order valence-electron chi connectivity index (χ2n) is 3.97. The predicted molar refractivity (Wildman–Crippen MR) is 69.9 cm³/mol. The highest BCUT2D eigenvalue weighted by atomic mass is 127. The second-order valence-corrected chi connectivity index (χ2v) is 7.43. The molecule has 0 aliphatic carbocycles. The zero-order valence-electron chi connectivity index (χ0n) is 8.78. The van der Waals surface area contributed by atoms with Gasteiger partial charge in [-0.25, -0.2) is 8.42 Å². The standard InChI is InChI=1S/C10H14INO3S/c11-10-4-3-8(15-10)6-12-7-9-2-1-5-16(9,13)14/h3-4,9,12H,1-2,5-7H2. The van der Waals surface area contributed by atoms with Gasteiger partial charge in [0, 0.05) is 6.54 Å². The number of rotatable bonds is 4. The number of sulfone groups is 1. The lowest BCUT2D eigenvalue weighted by Gasteiger charge is -2.09. The molecule has 1 aromatic heterocycles. The molecular weight excluding hydrogens is 341 g/mol. The predicted octanol–water partition coefficient (Wildman–Crippen LogP) is 1.55. The fourth-order valence-electron chi connectivity index (χ4n) is 1.89. The molecule has 0 aromatic carbocycles. The topological polar surface area (TPSA) is 59.3 Å². The van der Waals surface area contributed by atoms with Crippen LogP contribution in [0.1, 0.15) is 18.6 Å². The van der Waals surface area contributed by atoms with E-state index in [-0.39, 0.29) is 5.25 Å². The molecule has 1 aromatic rings. The molecule has 0 saturated carbocycles. The van der Waals surface area contributed by atoms with Gasteiger partial charge in [0.25, 0.3) is 0 Å². The molecule has 1 aliphatic heterocycles. The Kier molecular flexibility index (Phi) is 3.91. The molecule has 1 N–H and O–H groups in total. The molecular formula is C10H14INO3S. The molecule has 2 rings (SSSR count). The van der Waals surface area contributed by atoms with Crippen molar-refractivity contribution in [2.24, 2.45) is 0 Å². The zero-order chi connectivity index (χ0) is 11.6. The molecule has 1 fully saturated rings. The Hall–Kier alpha value is -0.0800. The molecule has 1 aliphatic rings. The van der Waals surface area contributed by atoms with Crippen LogP contribution in [0, 0.1) is 3.77 Å². The Morgan fingerprint density at radius 3 is 2.88 bits per heavy atom. The Morgan fingerprint density at radius 1 is 1.50 bits per heavy atom. The van der Waals surface area contributed by atoms with Crippen LogP contribution in [0.15, 0.2) is 16.5 Å². The van der Waals surface area contributed by atoms with E-state index in [4.69, 9.17) is 4.42 Å². The first-order chi connectivity index (χ1) is 7.58. The summed E-state index contributed by atoms with van der Waals surface area (Å²) < 4.78 is 29.3. The highest BCUT2D eigenvalue weighted by Crippen LogP contribution is 2.19. The molecule has 90 valence electrons. The number of halogens is 1. The minimum Gasteiger partial charge on any atom is -0.454 e. The molecule has 4 nitrogen and oxygen atoms in total. The van der Waals surface area contributed by atoms with Crippen molar-refractivity contribution in [2.45, 2.75) is 24.6 Å². The van der Waals surface area contributed by atoms with Crippen LogP contribution in [0.4, 0.5) is 0 Å². The van der Waals surface area contributed by atoms with E-state index in [0.29, 0.717) is 18.8 Å². The van der Waals surface area contributed by atoms with Crippen LogP contribution >= 0.6 is 22.6 Å². The van der Waals surface area contributed by atoms with Crippen molar-refractivity contribution in [3.63, 3.8) is 0 Å². The second kappa shape index (κ2) is 5.05. The normalized spacial score (nSPS) is 23.7. The van der Waals surface area contributed by atoms with Crippen LogP contribution in [0.25, 0.3) is 0 Å². The maximum absolute atomic E-state index is 11.5. The monoisotopic (exact) mass is 355 g/mol. The molecule has 1 saturated heterocycles. The Balaban J connectivity index is 1.80. The van der Waals surface area contributed by atoms with Gasteiger partial charge in [-0.2, -0.15) is 0 Å². The average molecular weight is 355 g/mol. The number of nitrogens with one attached hydrogen (secondary N) is 1. The third-order valence-electron chi connectivity index (χ3n) is 2.76. The first-order valence-corrected chi connectivity index (χ1v) is 8.04. The van der Waals surface area contributed by atoms with Crippen molar-refractivity contribution in [1.29, 1.82) is 0 Å². The fourth-order valence-corrected chi connectivity index (χ4v) is 4.15. The fraction of sp³-hybridized carbons (Fsp3) is 0.600. The molecule has 6 heteroatoms. The lowest BCUT2D eigenvalue weighted by molar-refractivity contribution is 0.460. The maximum atomic E-state index is 11.5. The third kappa shape index (κ3) is 2.98. The minimum atomic E-state index is -2.83. The molecule has 0 bridgehead atoms. The Morgan fingerprint density at radius 2 is 2.31 bits per heavy atom. The van der Waals surface area contributed by atoms with Crippen LogP contribution in [0.2, 0.25) is 0 Å². The van der Waals surface area contributed by atoms with Gasteiger partial charge in [0.1, 0.15) is 5.76 Å². The summed E-state index contributed by atoms with van der Waals surface area (Å²) in [5, 5.41) is 2.93. The molecule has 1 atom stereocenters. The summed E-state index contributed by atoms with van der Waals surface area (Å²) in [6.07, 6.45) is 1.58. The highest BCUT2D eigenvalue weighted by Gasteiger charge is 2.30. The molecule has 16 heavy (non-hydrogen) atoms. The molecule has 1 unspecified atom stereocenters. The number of hydrogen-bond donors (Lipinski definition) is 1. The van der Waals surface area contributed by atoms with Crippen LogP contribution in [0.3, 0.4) is 0 Å². The summed E-state index contributed by atoms with van der Waals surface area (Å²) in [6.45, 7) is 1.12. The smallest absolute Gasteiger partial charge is 0.164 e. The van der Waals surface area contributed by atoms with E-state index in [1.807, 2.05) is 12.1 Å². The van der Waals surface area contributed by atoms with Crippen molar-refractivity contribution in [3.8, 4) is 0 Å². The van der Waals surface area contributed by atoms with Crippen molar-refractivity contribution in [3.05, 3.63) is 21.7 Å². The average Bonchev–Trinajstić information content (AvgIpc) is 2.74. The van der Waals surface area contributed by atoms with E-state index in [1.165, 1.54) is 0 Å². The van der Waals surface area contributed by atoms with E-state index in [2.05, 4.69) is 27.9 Å². The van der Waals surface area contributed by atoms with Gasteiger partial charge in [-0.1, -0.05) is 0 Å². The summed E-state index contributed by atoms with van der Waals surface area (Å²) in [6, 6.07) is 3.79. The summed E-state index contributed by atoms with van der Waals surface area (Å²) in [7, 11) is -2.83. The minimum absolute atomic E-state index is 0.207. The Labute approximate surface area is 109 Å². The molecule has 2 heterocycles. The number of hydrogen-bond acceptors (Lipinski definition) is 4. The van der Waals surface area contributed by atoms with Crippen LogP contribution < -0.4 is 5.32 Å². The van der Waals surface area contributed by atoms with Gasteiger partial charge >= 0.3 is 0 Å². The first-order valence-electron chi connectivity index (χ1n) is 5.24. The third-order valence-corrected chi connectivity index (χ3v) is 5.62. The summed E-state index contributed by atoms with van der Waals surface area (Å²) >= 11 is 2.11. The van der Waals surface area contributed by atoms with Gasteiger partial charge in [0.05, 0.1) is 17.5 Å². The molecule has 0 spiro atoms. The van der Waals surface area contributed by atoms with E-state index < -0.39 is 9.84 Å². The van der Waals surface area contributed by atoms with Crippen LogP contribution in [0.5, 0.6) is 0 Å². The largest absolute Gasteiger partial charge is 0.454 e. The van der Waals surface area contributed by atoms with Crippen LogP contribution in [-0.2, 0) is 16.4 Å². The maximum Gasteiger partial charge on any atom is 0.164 e. The highest BCUT2D eigenvalue weighted by molar-refractivity contribution is 14.1. The van der Waals surface area contributed by atoms with Crippen LogP contribution in [-0.4, -0.2) is 26.0 Å². The van der Waals surface area contributed by atoms with Crippen molar-refractivity contribution in [1.82, 2.24) is 5.32 Å². The van der Waals surface area contributed by atoms with Gasteiger partial charge in [-0.05, 0) is 47.6 Å². The van der Waals surface area contributed by atoms with Gasteiger partial charge in [-0.3, -0.25) is 0 Å². The van der Waals surface area contributed by atoms with Gasteiger partial charge in [0.2, 0.25) is 0 Å². The lowest BCUT2D eigenvalue weighted by Crippen LogP contribution is -2.30. The zero-order valence-corrected chi connectivity index (χ0v) is 11.8. The SMILES string of the molecule is O=S1(=O)CCCC1CNCc1ccc(I)o1. The van der Waals surface area contributed by atoms with Crippen molar-refractivity contribution < 1.29 is 12.8 Å².